The minimum atomic E-state index is -0.00880. The van der Waals surface area contributed by atoms with Crippen LogP contribution in [0.4, 0.5) is 5.82 Å². The Hall–Kier alpha value is -2.34. The van der Waals surface area contributed by atoms with Crippen LogP contribution in [0.5, 0.6) is 0 Å². The second-order valence-corrected chi connectivity index (χ2v) is 6.30. The Bertz CT molecular complexity index is 827. The molecule has 0 radical (unpaired) electrons. The molecule has 2 aromatic heterocycles. The molecular weight excluding hydrogens is 308 g/mol. The number of hydrogen-bond donors (Lipinski definition) is 0. The molecule has 1 amide bonds. The molecule has 1 aromatic carbocycles. The fraction of sp³-hybridized carbons (Fsp3) is 0.294. The predicted molar refractivity (Wildman–Crippen MR) is 90.7 cm³/mol. The molecule has 0 aliphatic heterocycles. The van der Waals surface area contributed by atoms with Crippen molar-refractivity contribution in [1.82, 2.24) is 13.7 Å². The maximum absolute atomic E-state index is 13.1. The van der Waals surface area contributed by atoms with E-state index >= 15 is 0 Å². The SMILES string of the molecule is O=C(c1ccc2nsnc2c1)N(c1ccccn1)C1CCCC1. The van der Waals surface area contributed by atoms with Crippen molar-refractivity contribution >= 4 is 34.5 Å². The van der Waals surface area contributed by atoms with Gasteiger partial charge in [-0.15, -0.1) is 0 Å². The highest BCUT2D eigenvalue weighted by Gasteiger charge is 2.29. The van der Waals surface area contributed by atoms with Gasteiger partial charge in [-0.1, -0.05) is 18.9 Å². The Morgan fingerprint density at radius 3 is 2.70 bits per heavy atom. The van der Waals surface area contributed by atoms with E-state index in [4.69, 9.17) is 0 Å². The third kappa shape index (κ3) is 2.70. The number of hydrogen-bond acceptors (Lipinski definition) is 5. The van der Waals surface area contributed by atoms with Gasteiger partial charge in [-0.3, -0.25) is 9.69 Å². The molecule has 23 heavy (non-hydrogen) atoms. The van der Waals surface area contributed by atoms with Crippen molar-refractivity contribution in [2.45, 2.75) is 31.7 Å². The van der Waals surface area contributed by atoms with E-state index in [0.29, 0.717) is 5.56 Å². The second kappa shape index (κ2) is 6.04. The fourth-order valence-corrected chi connectivity index (χ4v) is 3.69. The molecule has 0 saturated heterocycles. The quantitative estimate of drug-likeness (QED) is 0.737. The lowest BCUT2D eigenvalue weighted by Crippen LogP contribution is -2.39. The van der Waals surface area contributed by atoms with Gasteiger partial charge in [0.15, 0.2) is 0 Å². The van der Waals surface area contributed by atoms with Crippen LogP contribution in [0, 0.1) is 0 Å². The highest BCUT2D eigenvalue weighted by Crippen LogP contribution is 2.29. The summed E-state index contributed by atoms with van der Waals surface area (Å²) in [6, 6.07) is 11.4. The number of aromatic nitrogens is 3. The van der Waals surface area contributed by atoms with Gasteiger partial charge in [-0.05, 0) is 43.2 Å². The summed E-state index contributed by atoms with van der Waals surface area (Å²) in [7, 11) is 0. The minimum absolute atomic E-state index is 0.00880. The van der Waals surface area contributed by atoms with Gasteiger partial charge in [-0.2, -0.15) is 8.75 Å². The molecule has 0 spiro atoms. The Balaban J connectivity index is 1.74. The van der Waals surface area contributed by atoms with Gasteiger partial charge < -0.3 is 0 Å². The number of fused-ring (bicyclic) bond motifs is 1. The van der Waals surface area contributed by atoms with E-state index in [0.717, 1.165) is 42.5 Å². The molecule has 5 nitrogen and oxygen atoms in total. The first-order valence-corrected chi connectivity index (χ1v) is 8.53. The summed E-state index contributed by atoms with van der Waals surface area (Å²) in [5.41, 5.74) is 2.24. The van der Waals surface area contributed by atoms with Crippen molar-refractivity contribution in [3.63, 3.8) is 0 Å². The lowest BCUT2D eigenvalue weighted by molar-refractivity contribution is 0.0976. The second-order valence-electron chi connectivity index (χ2n) is 5.77. The molecule has 0 unspecified atom stereocenters. The Morgan fingerprint density at radius 2 is 1.91 bits per heavy atom. The zero-order valence-electron chi connectivity index (χ0n) is 12.6. The summed E-state index contributed by atoms with van der Waals surface area (Å²) in [6.07, 6.45) is 6.12. The standard InChI is InChI=1S/C17H16N4OS/c22-17(12-8-9-14-15(11-12)20-23-19-14)21(13-5-1-2-6-13)16-7-3-4-10-18-16/h3-4,7-11,13H,1-2,5-6H2. The van der Waals surface area contributed by atoms with Crippen LogP contribution in [0.1, 0.15) is 36.0 Å². The number of anilines is 1. The van der Waals surface area contributed by atoms with Gasteiger partial charge in [0.05, 0.1) is 11.7 Å². The molecule has 2 heterocycles. The largest absolute Gasteiger partial charge is 0.290 e. The number of nitrogens with zero attached hydrogens (tertiary/aromatic N) is 4. The zero-order chi connectivity index (χ0) is 15.6. The third-order valence-corrected chi connectivity index (χ3v) is 4.86. The summed E-state index contributed by atoms with van der Waals surface area (Å²) in [4.78, 5) is 19.4. The van der Waals surface area contributed by atoms with Crippen LogP contribution in [0.25, 0.3) is 11.0 Å². The van der Waals surface area contributed by atoms with Gasteiger partial charge in [0.2, 0.25) is 0 Å². The minimum Gasteiger partial charge on any atom is -0.290 e. The number of carbonyl (C=O) groups excluding carboxylic acids is 1. The molecule has 0 atom stereocenters. The highest BCUT2D eigenvalue weighted by molar-refractivity contribution is 7.00. The Labute approximate surface area is 138 Å². The predicted octanol–water partition coefficient (Wildman–Crippen LogP) is 3.68. The van der Waals surface area contributed by atoms with Crippen LogP contribution < -0.4 is 4.90 Å². The molecule has 116 valence electrons. The van der Waals surface area contributed by atoms with Gasteiger partial charge >= 0.3 is 0 Å². The molecule has 1 saturated carbocycles. The fourth-order valence-electron chi connectivity index (χ4n) is 3.17. The number of carbonyl (C=O) groups is 1. The maximum atomic E-state index is 13.1. The molecule has 4 rings (SSSR count). The monoisotopic (exact) mass is 324 g/mol. The first-order valence-electron chi connectivity index (χ1n) is 7.80. The zero-order valence-corrected chi connectivity index (χ0v) is 13.4. The van der Waals surface area contributed by atoms with Crippen LogP contribution in [0.2, 0.25) is 0 Å². The van der Waals surface area contributed by atoms with Crippen molar-refractivity contribution in [2.75, 3.05) is 4.90 Å². The number of amides is 1. The molecule has 1 aliphatic rings. The summed E-state index contributed by atoms with van der Waals surface area (Å²) in [5.74, 6) is 0.714. The van der Waals surface area contributed by atoms with E-state index < -0.39 is 0 Å². The average Bonchev–Trinajstić information content (AvgIpc) is 3.27. The third-order valence-electron chi connectivity index (χ3n) is 4.31. The Kier molecular flexibility index (Phi) is 3.75. The average molecular weight is 324 g/mol. The number of benzene rings is 1. The van der Waals surface area contributed by atoms with E-state index in [2.05, 4.69) is 13.7 Å². The lowest BCUT2D eigenvalue weighted by atomic mass is 10.1. The van der Waals surface area contributed by atoms with Crippen LogP contribution in [0.15, 0.2) is 42.6 Å². The summed E-state index contributed by atoms with van der Waals surface area (Å²) < 4.78 is 8.43. The van der Waals surface area contributed by atoms with E-state index in [1.54, 1.807) is 6.20 Å². The summed E-state index contributed by atoms with van der Waals surface area (Å²) in [6.45, 7) is 0. The van der Waals surface area contributed by atoms with Crippen LogP contribution in [0.3, 0.4) is 0 Å². The molecule has 6 heteroatoms. The van der Waals surface area contributed by atoms with Crippen LogP contribution in [-0.4, -0.2) is 25.7 Å². The molecule has 0 bridgehead atoms. The summed E-state index contributed by atoms with van der Waals surface area (Å²) >= 11 is 1.17. The van der Waals surface area contributed by atoms with E-state index in [1.807, 2.05) is 41.3 Å². The summed E-state index contributed by atoms with van der Waals surface area (Å²) in [5, 5.41) is 0. The molecule has 1 fully saturated rings. The molecular formula is C17H16N4OS. The van der Waals surface area contributed by atoms with E-state index in [1.165, 1.54) is 11.7 Å². The topological polar surface area (TPSA) is 59.0 Å². The Morgan fingerprint density at radius 1 is 1.09 bits per heavy atom. The normalized spacial score (nSPS) is 15.1. The van der Waals surface area contributed by atoms with Crippen molar-refractivity contribution in [3.8, 4) is 0 Å². The van der Waals surface area contributed by atoms with Gasteiger partial charge in [0, 0.05) is 17.8 Å². The molecule has 3 aromatic rings. The maximum Gasteiger partial charge on any atom is 0.259 e. The van der Waals surface area contributed by atoms with E-state index in [-0.39, 0.29) is 11.9 Å². The first-order chi connectivity index (χ1) is 11.3. The highest BCUT2D eigenvalue weighted by atomic mass is 32.1. The van der Waals surface area contributed by atoms with Gasteiger partial charge in [-0.25, -0.2) is 4.98 Å². The molecule has 1 aliphatic carbocycles. The number of pyridine rings is 1. The van der Waals surface area contributed by atoms with Gasteiger partial charge in [0.1, 0.15) is 16.9 Å². The van der Waals surface area contributed by atoms with Crippen molar-refractivity contribution in [1.29, 1.82) is 0 Å². The lowest BCUT2D eigenvalue weighted by Gasteiger charge is -2.28. The van der Waals surface area contributed by atoms with Crippen molar-refractivity contribution < 1.29 is 4.79 Å². The van der Waals surface area contributed by atoms with Crippen molar-refractivity contribution in [2.24, 2.45) is 0 Å². The first kappa shape index (κ1) is 14.3. The van der Waals surface area contributed by atoms with Crippen LogP contribution >= 0.6 is 11.7 Å². The van der Waals surface area contributed by atoms with Crippen LogP contribution in [-0.2, 0) is 0 Å². The van der Waals surface area contributed by atoms with E-state index in [9.17, 15) is 4.79 Å². The number of rotatable bonds is 3. The van der Waals surface area contributed by atoms with Crippen molar-refractivity contribution in [3.05, 3.63) is 48.2 Å². The molecule has 0 N–H and O–H groups in total. The smallest absolute Gasteiger partial charge is 0.259 e. The van der Waals surface area contributed by atoms with Gasteiger partial charge in [0.25, 0.3) is 5.91 Å².